The molecule has 7 heteroatoms. The molecule has 0 saturated heterocycles. The van der Waals surface area contributed by atoms with E-state index in [1.165, 1.54) is 16.0 Å². The van der Waals surface area contributed by atoms with E-state index in [2.05, 4.69) is 10.1 Å². The molecule has 24 heavy (non-hydrogen) atoms. The summed E-state index contributed by atoms with van der Waals surface area (Å²) in [5.74, 6) is 0.608. The van der Waals surface area contributed by atoms with Crippen molar-refractivity contribution >= 4 is 33.2 Å². The molecule has 0 atom stereocenters. The minimum atomic E-state index is -0.232. The summed E-state index contributed by atoms with van der Waals surface area (Å²) in [7, 11) is 0. The van der Waals surface area contributed by atoms with Crippen molar-refractivity contribution in [1.82, 2.24) is 14.8 Å². The Hall–Kier alpha value is -2.44. The average molecular weight is 358 g/mol. The van der Waals surface area contributed by atoms with Crippen LogP contribution in [0, 0.1) is 6.92 Å². The van der Waals surface area contributed by atoms with E-state index in [0.29, 0.717) is 22.0 Å². The normalized spacial score (nSPS) is 11.2. The Kier molecular flexibility index (Phi) is 3.70. The summed E-state index contributed by atoms with van der Waals surface area (Å²) in [6, 6.07) is 11.0. The molecule has 1 aromatic carbocycles. The summed E-state index contributed by atoms with van der Waals surface area (Å²) in [6.07, 6.45) is 1.58. The number of rotatable bonds is 3. The Labute approximate surface area is 146 Å². The maximum atomic E-state index is 12.8. The number of halogens is 1. The molecule has 0 aliphatic heterocycles. The number of hydrogen-bond donors (Lipinski definition) is 0. The summed E-state index contributed by atoms with van der Waals surface area (Å²) in [6.45, 7) is 2.15. The highest BCUT2D eigenvalue weighted by Gasteiger charge is 2.18. The standard InChI is InChI=1S/C17H12ClN3O2S/c1-10-19-15-16(24-10)14(13-7-4-8-23-13)20-21(17(15)22)9-11-5-2-3-6-12(11)18/h2-8H,9H2,1H3. The van der Waals surface area contributed by atoms with Gasteiger partial charge in [0.1, 0.15) is 5.69 Å². The van der Waals surface area contributed by atoms with Crippen molar-refractivity contribution in [2.75, 3.05) is 0 Å². The molecule has 0 spiro atoms. The molecule has 4 aromatic rings. The topological polar surface area (TPSA) is 60.9 Å². The number of hydrogen-bond acceptors (Lipinski definition) is 5. The van der Waals surface area contributed by atoms with Crippen molar-refractivity contribution in [3.8, 4) is 11.5 Å². The molecule has 3 heterocycles. The molecule has 0 aliphatic rings. The molecule has 0 radical (unpaired) electrons. The largest absolute Gasteiger partial charge is 0.463 e. The first kappa shape index (κ1) is 15.1. The zero-order chi connectivity index (χ0) is 16.7. The minimum absolute atomic E-state index is 0.232. The van der Waals surface area contributed by atoms with Crippen molar-refractivity contribution in [2.45, 2.75) is 13.5 Å². The third-order valence-electron chi connectivity index (χ3n) is 3.64. The summed E-state index contributed by atoms with van der Waals surface area (Å²) in [5.41, 5.74) is 1.62. The molecule has 0 aliphatic carbocycles. The van der Waals surface area contributed by atoms with Crippen LogP contribution in [0.2, 0.25) is 5.02 Å². The smallest absolute Gasteiger partial charge is 0.294 e. The maximum absolute atomic E-state index is 12.8. The molecular formula is C17H12ClN3O2S. The van der Waals surface area contributed by atoms with Gasteiger partial charge >= 0.3 is 0 Å². The lowest BCUT2D eigenvalue weighted by Crippen LogP contribution is -2.24. The van der Waals surface area contributed by atoms with Crippen LogP contribution in [0.5, 0.6) is 0 Å². The zero-order valence-electron chi connectivity index (χ0n) is 12.7. The lowest BCUT2D eigenvalue weighted by atomic mass is 10.2. The van der Waals surface area contributed by atoms with Crippen LogP contribution in [0.4, 0.5) is 0 Å². The van der Waals surface area contributed by atoms with Crippen LogP contribution < -0.4 is 5.56 Å². The van der Waals surface area contributed by atoms with Gasteiger partial charge < -0.3 is 4.42 Å². The first-order chi connectivity index (χ1) is 11.6. The number of thiazole rings is 1. The SMILES string of the molecule is Cc1nc2c(=O)n(Cc3ccccc3Cl)nc(-c3ccco3)c2s1. The van der Waals surface area contributed by atoms with Crippen LogP contribution in [0.1, 0.15) is 10.6 Å². The number of aryl methyl sites for hydroxylation is 1. The monoisotopic (exact) mass is 357 g/mol. The number of fused-ring (bicyclic) bond motifs is 1. The van der Waals surface area contributed by atoms with Crippen LogP contribution in [-0.4, -0.2) is 14.8 Å². The first-order valence-electron chi connectivity index (χ1n) is 7.29. The average Bonchev–Trinajstić information content (AvgIpc) is 3.21. The lowest BCUT2D eigenvalue weighted by molar-refractivity contribution is 0.571. The van der Waals surface area contributed by atoms with E-state index in [0.717, 1.165) is 15.3 Å². The molecule has 0 fully saturated rings. The second kappa shape index (κ2) is 5.89. The quantitative estimate of drug-likeness (QED) is 0.553. The molecule has 4 rings (SSSR count). The number of benzene rings is 1. The van der Waals surface area contributed by atoms with Crippen LogP contribution in [0.3, 0.4) is 0 Å². The highest BCUT2D eigenvalue weighted by Crippen LogP contribution is 2.29. The molecule has 0 saturated carbocycles. The highest BCUT2D eigenvalue weighted by atomic mass is 35.5. The molecule has 3 aromatic heterocycles. The second-order valence-electron chi connectivity index (χ2n) is 5.29. The Bertz CT molecular complexity index is 1080. The van der Waals surface area contributed by atoms with Gasteiger partial charge in [-0.2, -0.15) is 5.10 Å². The highest BCUT2D eigenvalue weighted by molar-refractivity contribution is 7.19. The van der Waals surface area contributed by atoms with Gasteiger partial charge in [0.25, 0.3) is 5.56 Å². The van der Waals surface area contributed by atoms with Crippen LogP contribution in [0.25, 0.3) is 21.7 Å². The van der Waals surface area contributed by atoms with Crippen LogP contribution in [-0.2, 0) is 6.54 Å². The zero-order valence-corrected chi connectivity index (χ0v) is 14.3. The number of aromatic nitrogens is 3. The Morgan fingerprint density at radius 1 is 1.25 bits per heavy atom. The third kappa shape index (κ3) is 2.53. The first-order valence-corrected chi connectivity index (χ1v) is 8.48. The van der Waals surface area contributed by atoms with Crippen molar-refractivity contribution in [2.24, 2.45) is 0 Å². The number of nitrogens with zero attached hydrogens (tertiary/aromatic N) is 3. The third-order valence-corrected chi connectivity index (χ3v) is 4.99. The molecule has 120 valence electrons. The van der Waals surface area contributed by atoms with Crippen molar-refractivity contribution in [3.05, 3.63) is 68.6 Å². The predicted molar refractivity (Wildman–Crippen MR) is 94.7 cm³/mol. The van der Waals surface area contributed by atoms with Gasteiger partial charge in [0.2, 0.25) is 0 Å². The molecule has 0 unspecified atom stereocenters. The van der Waals surface area contributed by atoms with E-state index in [1.807, 2.05) is 31.2 Å². The Morgan fingerprint density at radius 3 is 2.83 bits per heavy atom. The van der Waals surface area contributed by atoms with Gasteiger partial charge in [0, 0.05) is 5.02 Å². The van der Waals surface area contributed by atoms with Crippen LogP contribution >= 0.6 is 22.9 Å². The van der Waals surface area contributed by atoms with E-state index in [4.69, 9.17) is 16.0 Å². The van der Waals surface area contributed by atoms with Gasteiger partial charge in [-0.25, -0.2) is 9.67 Å². The van der Waals surface area contributed by atoms with Gasteiger partial charge in [-0.1, -0.05) is 29.8 Å². The fourth-order valence-corrected chi connectivity index (χ4v) is 3.63. The molecule has 0 amide bonds. The Balaban J connectivity index is 1.95. The summed E-state index contributed by atoms with van der Waals surface area (Å²) in [5, 5.41) is 5.92. The molecule has 5 nitrogen and oxygen atoms in total. The van der Waals surface area contributed by atoms with E-state index < -0.39 is 0 Å². The van der Waals surface area contributed by atoms with Gasteiger partial charge in [0.05, 0.1) is 22.5 Å². The number of furan rings is 1. The molecule has 0 N–H and O–H groups in total. The van der Waals surface area contributed by atoms with E-state index >= 15 is 0 Å². The van der Waals surface area contributed by atoms with Crippen molar-refractivity contribution in [3.63, 3.8) is 0 Å². The Morgan fingerprint density at radius 2 is 2.08 bits per heavy atom. The predicted octanol–water partition coefficient (Wildman–Crippen LogP) is 4.12. The minimum Gasteiger partial charge on any atom is -0.463 e. The van der Waals surface area contributed by atoms with Crippen molar-refractivity contribution in [1.29, 1.82) is 0 Å². The van der Waals surface area contributed by atoms with E-state index in [1.54, 1.807) is 18.4 Å². The second-order valence-corrected chi connectivity index (χ2v) is 6.90. The van der Waals surface area contributed by atoms with E-state index in [9.17, 15) is 4.79 Å². The van der Waals surface area contributed by atoms with Crippen LogP contribution in [0.15, 0.2) is 51.9 Å². The molecular weight excluding hydrogens is 346 g/mol. The summed E-state index contributed by atoms with van der Waals surface area (Å²) >= 11 is 7.65. The lowest BCUT2D eigenvalue weighted by Gasteiger charge is -2.08. The van der Waals surface area contributed by atoms with E-state index in [-0.39, 0.29) is 12.1 Å². The fraction of sp³-hybridized carbons (Fsp3) is 0.118. The van der Waals surface area contributed by atoms with Gasteiger partial charge in [0.15, 0.2) is 11.3 Å². The summed E-state index contributed by atoms with van der Waals surface area (Å²) < 4.78 is 7.61. The van der Waals surface area contributed by atoms with Gasteiger partial charge in [-0.05, 0) is 30.7 Å². The summed E-state index contributed by atoms with van der Waals surface area (Å²) in [4.78, 5) is 17.1. The fourth-order valence-electron chi connectivity index (χ4n) is 2.54. The van der Waals surface area contributed by atoms with Gasteiger partial charge in [-0.15, -0.1) is 11.3 Å². The van der Waals surface area contributed by atoms with Crippen molar-refractivity contribution < 1.29 is 4.42 Å². The maximum Gasteiger partial charge on any atom is 0.294 e. The molecule has 0 bridgehead atoms. The van der Waals surface area contributed by atoms with Gasteiger partial charge in [-0.3, -0.25) is 4.79 Å².